The normalized spacial score (nSPS) is 13.5. The molecule has 1 unspecified atom stereocenters. The fourth-order valence-corrected chi connectivity index (χ4v) is 1.05. The van der Waals surface area contributed by atoms with Crippen molar-refractivity contribution in [3.63, 3.8) is 0 Å². The van der Waals surface area contributed by atoms with E-state index in [0.717, 1.165) is 12.1 Å². The first kappa shape index (κ1) is 12.2. The Morgan fingerprint density at radius 1 is 1.38 bits per heavy atom. The molecule has 0 fully saturated rings. The molecule has 0 aromatic heterocycles. The number of non-ortho nitro benzene ring substituents is 1. The first-order chi connectivity index (χ1) is 7.23. The van der Waals surface area contributed by atoms with Crippen LogP contribution in [0.3, 0.4) is 0 Å². The number of hydrogen-bond acceptors (Lipinski definition) is 4. The Hall–Kier alpha value is -1.83. The molecule has 0 spiro atoms. The Labute approximate surface area is 86.9 Å². The van der Waals surface area contributed by atoms with E-state index in [1.807, 2.05) is 0 Å². The number of aliphatic hydroxyl groups is 1. The SMILES string of the molecule is O=[N+]([O-])c1ccc(O)c(C(O)C(F)(F)F)c1. The van der Waals surface area contributed by atoms with Crippen molar-refractivity contribution in [2.45, 2.75) is 12.3 Å². The summed E-state index contributed by atoms with van der Waals surface area (Å²) >= 11 is 0. The highest BCUT2D eigenvalue weighted by atomic mass is 19.4. The second kappa shape index (κ2) is 3.97. The average molecular weight is 237 g/mol. The van der Waals surface area contributed by atoms with Gasteiger partial charge in [0.2, 0.25) is 0 Å². The molecule has 0 aliphatic rings. The lowest BCUT2D eigenvalue weighted by Crippen LogP contribution is -2.20. The third-order valence-electron chi connectivity index (χ3n) is 1.83. The molecule has 0 aliphatic carbocycles. The van der Waals surface area contributed by atoms with Gasteiger partial charge in [0.15, 0.2) is 6.10 Å². The molecular formula is C8H6F3NO4. The average Bonchev–Trinajstić information content (AvgIpc) is 2.15. The van der Waals surface area contributed by atoms with E-state index >= 15 is 0 Å². The Kier molecular flexibility index (Phi) is 3.04. The number of nitro benzene ring substituents is 1. The summed E-state index contributed by atoms with van der Waals surface area (Å²) in [6, 6.07) is 2.04. The molecule has 1 rings (SSSR count). The van der Waals surface area contributed by atoms with Gasteiger partial charge in [-0.05, 0) is 6.07 Å². The number of hydrogen-bond donors (Lipinski definition) is 2. The number of benzene rings is 1. The lowest BCUT2D eigenvalue weighted by atomic mass is 10.1. The van der Waals surface area contributed by atoms with Crippen LogP contribution in [0.1, 0.15) is 11.7 Å². The summed E-state index contributed by atoms with van der Waals surface area (Å²) in [6.07, 6.45) is -7.94. The second-order valence-electron chi connectivity index (χ2n) is 2.94. The van der Waals surface area contributed by atoms with Crippen molar-refractivity contribution in [3.8, 4) is 5.75 Å². The minimum atomic E-state index is -4.99. The van der Waals surface area contributed by atoms with Gasteiger partial charge in [0.25, 0.3) is 5.69 Å². The maximum atomic E-state index is 12.1. The van der Waals surface area contributed by atoms with Crippen LogP contribution < -0.4 is 0 Å². The van der Waals surface area contributed by atoms with Gasteiger partial charge in [-0.15, -0.1) is 0 Å². The van der Waals surface area contributed by atoms with Crippen LogP contribution in [0.4, 0.5) is 18.9 Å². The van der Waals surface area contributed by atoms with E-state index in [9.17, 15) is 23.3 Å². The van der Waals surface area contributed by atoms with Crippen molar-refractivity contribution in [3.05, 3.63) is 33.9 Å². The predicted molar refractivity (Wildman–Crippen MR) is 45.8 cm³/mol. The van der Waals surface area contributed by atoms with Crippen molar-refractivity contribution in [2.24, 2.45) is 0 Å². The van der Waals surface area contributed by atoms with Gasteiger partial charge >= 0.3 is 6.18 Å². The quantitative estimate of drug-likeness (QED) is 0.607. The minimum Gasteiger partial charge on any atom is -0.508 e. The molecule has 0 amide bonds. The van der Waals surface area contributed by atoms with Crippen molar-refractivity contribution in [2.75, 3.05) is 0 Å². The van der Waals surface area contributed by atoms with Gasteiger partial charge in [0.1, 0.15) is 5.75 Å². The van der Waals surface area contributed by atoms with Gasteiger partial charge in [0.05, 0.1) is 4.92 Å². The molecule has 1 aromatic carbocycles. The van der Waals surface area contributed by atoms with E-state index in [4.69, 9.17) is 10.2 Å². The lowest BCUT2D eigenvalue weighted by Gasteiger charge is -2.15. The van der Waals surface area contributed by atoms with Gasteiger partial charge in [-0.1, -0.05) is 0 Å². The van der Waals surface area contributed by atoms with Crippen LogP contribution in [0.5, 0.6) is 5.75 Å². The van der Waals surface area contributed by atoms with Crippen LogP contribution in [-0.4, -0.2) is 21.3 Å². The van der Waals surface area contributed by atoms with E-state index in [1.54, 1.807) is 0 Å². The van der Waals surface area contributed by atoms with Crippen molar-refractivity contribution in [1.82, 2.24) is 0 Å². The van der Waals surface area contributed by atoms with Crippen molar-refractivity contribution >= 4 is 5.69 Å². The summed E-state index contributed by atoms with van der Waals surface area (Å²) in [6.45, 7) is 0. The molecule has 2 N–H and O–H groups in total. The van der Waals surface area contributed by atoms with Crippen LogP contribution in [0.25, 0.3) is 0 Å². The zero-order valence-electron chi connectivity index (χ0n) is 7.60. The summed E-state index contributed by atoms with van der Waals surface area (Å²) < 4.78 is 36.4. The van der Waals surface area contributed by atoms with Crippen molar-refractivity contribution in [1.29, 1.82) is 0 Å². The third-order valence-corrected chi connectivity index (χ3v) is 1.83. The van der Waals surface area contributed by atoms with Gasteiger partial charge in [-0.3, -0.25) is 10.1 Å². The Morgan fingerprint density at radius 2 is 1.94 bits per heavy atom. The molecule has 0 saturated carbocycles. The maximum absolute atomic E-state index is 12.1. The van der Waals surface area contributed by atoms with Gasteiger partial charge in [0, 0.05) is 17.7 Å². The highest BCUT2D eigenvalue weighted by Crippen LogP contribution is 2.38. The van der Waals surface area contributed by atoms with E-state index in [0.29, 0.717) is 6.07 Å². The summed E-state index contributed by atoms with van der Waals surface area (Å²) in [4.78, 5) is 9.37. The summed E-state index contributed by atoms with van der Waals surface area (Å²) in [5.74, 6) is -0.851. The molecule has 88 valence electrons. The smallest absolute Gasteiger partial charge is 0.418 e. The number of nitro groups is 1. The van der Waals surface area contributed by atoms with Crippen LogP contribution in [0.15, 0.2) is 18.2 Å². The first-order valence-electron chi connectivity index (χ1n) is 3.95. The van der Waals surface area contributed by atoms with Crippen molar-refractivity contribution < 1.29 is 28.3 Å². The minimum absolute atomic E-state index is 0.480. The van der Waals surface area contributed by atoms with E-state index in [2.05, 4.69) is 0 Å². The fraction of sp³-hybridized carbons (Fsp3) is 0.250. The van der Waals surface area contributed by atoms with Crippen LogP contribution in [0.2, 0.25) is 0 Å². The summed E-state index contributed by atoms with van der Waals surface area (Å²) in [5, 5.41) is 28.2. The lowest BCUT2D eigenvalue weighted by molar-refractivity contribution is -0.385. The number of aromatic hydroxyl groups is 1. The molecule has 0 heterocycles. The Morgan fingerprint density at radius 3 is 2.38 bits per heavy atom. The number of rotatable bonds is 2. The number of phenols is 1. The first-order valence-corrected chi connectivity index (χ1v) is 3.95. The molecule has 0 saturated heterocycles. The number of alkyl halides is 3. The zero-order chi connectivity index (χ0) is 12.5. The van der Waals surface area contributed by atoms with Gasteiger partial charge < -0.3 is 10.2 Å². The summed E-state index contributed by atoms with van der Waals surface area (Å²) in [5.41, 5.74) is -1.59. The van der Waals surface area contributed by atoms with Crippen LogP contribution in [0, 0.1) is 10.1 Å². The number of nitrogens with zero attached hydrogens (tertiary/aromatic N) is 1. The molecule has 1 atom stereocenters. The molecule has 8 heteroatoms. The monoisotopic (exact) mass is 237 g/mol. The Bertz CT molecular complexity index is 418. The molecule has 5 nitrogen and oxygen atoms in total. The zero-order valence-corrected chi connectivity index (χ0v) is 7.60. The van der Waals surface area contributed by atoms with Gasteiger partial charge in [-0.2, -0.15) is 13.2 Å². The standard InChI is InChI=1S/C8H6F3NO4/c9-8(10,11)7(14)5-3-4(12(15)16)1-2-6(5)13/h1-3,7,13-14H. The van der Waals surface area contributed by atoms with Crippen LogP contribution >= 0.6 is 0 Å². The van der Waals surface area contributed by atoms with E-state index < -0.39 is 34.2 Å². The predicted octanol–water partition coefficient (Wildman–Crippen LogP) is 1.90. The topological polar surface area (TPSA) is 83.6 Å². The van der Waals surface area contributed by atoms with Gasteiger partial charge in [-0.25, -0.2) is 0 Å². The molecule has 0 aliphatic heterocycles. The van der Waals surface area contributed by atoms with Crippen LogP contribution in [-0.2, 0) is 0 Å². The fourth-order valence-electron chi connectivity index (χ4n) is 1.05. The highest BCUT2D eigenvalue weighted by Gasteiger charge is 2.41. The molecule has 1 aromatic rings. The largest absolute Gasteiger partial charge is 0.508 e. The molecule has 0 radical (unpaired) electrons. The molecule has 16 heavy (non-hydrogen) atoms. The maximum Gasteiger partial charge on any atom is 0.418 e. The molecular weight excluding hydrogens is 231 g/mol. The van der Waals surface area contributed by atoms with E-state index in [-0.39, 0.29) is 0 Å². The number of phenolic OH excluding ortho intramolecular Hbond substituents is 1. The summed E-state index contributed by atoms with van der Waals surface area (Å²) in [7, 11) is 0. The number of halogens is 3. The number of aliphatic hydroxyl groups excluding tert-OH is 1. The second-order valence-corrected chi connectivity index (χ2v) is 2.94. The third kappa shape index (κ3) is 2.40. The Balaban J connectivity index is 3.22. The molecule has 0 bridgehead atoms. The highest BCUT2D eigenvalue weighted by molar-refractivity contribution is 5.44. The van der Waals surface area contributed by atoms with E-state index in [1.165, 1.54) is 0 Å².